The van der Waals surface area contributed by atoms with Crippen molar-refractivity contribution in [1.29, 1.82) is 0 Å². The Bertz CT molecular complexity index is 1310. The van der Waals surface area contributed by atoms with Gasteiger partial charge in [0.05, 0.1) is 28.1 Å². The zero-order chi connectivity index (χ0) is 26.8. The Hall–Kier alpha value is -3.21. The van der Waals surface area contributed by atoms with Gasteiger partial charge in [0.25, 0.3) is 0 Å². The number of likely N-dealkylation sites (N-methyl/N-ethyl adjacent to an activating group) is 1. The van der Waals surface area contributed by atoms with Crippen molar-refractivity contribution in [2.75, 3.05) is 19.4 Å². The number of amides is 1. The molecule has 4 heterocycles. The number of ether oxygens (including phenoxy) is 4. The molecule has 4 aliphatic rings. The summed E-state index contributed by atoms with van der Waals surface area (Å²) in [6.45, 7) is 3.73. The molecular formula is C28H30N2O7S. The number of hydrogen-bond acceptors (Lipinski definition) is 9. The lowest BCUT2D eigenvalue weighted by atomic mass is 9.79. The van der Waals surface area contributed by atoms with Gasteiger partial charge in [0.15, 0.2) is 6.10 Å². The zero-order valence-corrected chi connectivity index (χ0v) is 22.4. The highest BCUT2D eigenvalue weighted by molar-refractivity contribution is 7.19. The number of benzene rings is 1. The van der Waals surface area contributed by atoms with Gasteiger partial charge in [-0.3, -0.25) is 15.0 Å². The van der Waals surface area contributed by atoms with E-state index in [0.717, 1.165) is 10.4 Å². The fraction of sp³-hybridized carbons (Fsp3) is 0.464. The Morgan fingerprint density at radius 1 is 1.13 bits per heavy atom. The summed E-state index contributed by atoms with van der Waals surface area (Å²) in [4.78, 5) is 41.6. The number of esters is 2. The largest absolute Gasteiger partial charge is 0.462 e. The maximum absolute atomic E-state index is 13.2. The maximum Gasteiger partial charge on any atom is 0.412 e. The molecule has 2 aromatic rings. The molecule has 2 saturated heterocycles. The number of fused-ring (bicyclic) bond motifs is 4. The molecule has 2 bridgehead atoms. The molecule has 0 radical (unpaired) electrons. The van der Waals surface area contributed by atoms with Gasteiger partial charge in [-0.2, -0.15) is 0 Å². The molecule has 3 aliphatic heterocycles. The predicted molar refractivity (Wildman–Crippen MR) is 140 cm³/mol. The summed E-state index contributed by atoms with van der Waals surface area (Å²) in [6.07, 6.45) is -0.801. The Balaban J connectivity index is 1.28. The van der Waals surface area contributed by atoms with Crippen LogP contribution in [-0.2, 0) is 28.5 Å². The van der Waals surface area contributed by atoms with Crippen LogP contribution in [0, 0.1) is 11.8 Å². The van der Waals surface area contributed by atoms with Gasteiger partial charge in [-0.25, -0.2) is 9.59 Å². The summed E-state index contributed by atoms with van der Waals surface area (Å²) in [5.41, 5.74) is 0.767. The number of epoxide rings is 1. The number of hydrogen-bond donors (Lipinski definition) is 1. The topological polar surface area (TPSA) is 107 Å². The first-order valence-electron chi connectivity index (χ1n) is 12.7. The van der Waals surface area contributed by atoms with E-state index in [9.17, 15) is 14.4 Å². The standard InChI is InChI=1S/C28H30N2O7S/c1-14-21-17-12-16(26(32)34-17)22(30(3)4)23(24-28(2,37-24)13-18(21)35-25(14)31)36-27(33)29-20-11-10-19(38-20)15-8-6-5-7-9-15/h5-12,14,17-18,21-24H,13H2,1-4H3,(H,29,33)/t14?,17-,18+,21+,22+,23-,24+,28+/m1/s1. The zero-order valence-electron chi connectivity index (χ0n) is 21.6. The number of anilines is 1. The third kappa shape index (κ3) is 4.30. The Labute approximate surface area is 224 Å². The summed E-state index contributed by atoms with van der Waals surface area (Å²) >= 11 is 1.44. The van der Waals surface area contributed by atoms with Gasteiger partial charge in [0, 0.05) is 17.2 Å². The summed E-state index contributed by atoms with van der Waals surface area (Å²) in [5.74, 6) is -1.49. The second-order valence-corrected chi connectivity index (χ2v) is 11.9. The second kappa shape index (κ2) is 9.21. The summed E-state index contributed by atoms with van der Waals surface area (Å²) in [7, 11) is 3.65. The van der Waals surface area contributed by atoms with E-state index in [2.05, 4.69) is 5.32 Å². The number of carbonyl (C=O) groups excluding carboxylic acids is 3. The van der Waals surface area contributed by atoms with Crippen molar-refractivity contribution in [3.8, 4) is 10.4 Å². The van der Waals surface area contributed by atoms with Gasteiger partial charge in [0.2, 0.25) is 0 Å². The molecule has 1 aromatic heterocycles. The Kier molecular flexibility index (Phi) is 6.08. The monoisotopic (exact) mass is 538 g/mol. The van der Waals surface area contributed by atoms with Gasteiger partial charge in [-0.1, -0.05) is 37.3 Å². The van der Waals surface area contributed by atoms with Gasteiger partial charge < -0.3 is 18.9 Å². The molecule has 9 nitrogen and oxygen atoms in total. The normalized spacial score (nSPS) is 35.5. The third-order valence-corrected chi connectivity index (χ3v) is 9.06. The van der Waals surface area contributed by atoms with Gasteiger partial charge in [0.1, 0.15) is 18.3 Å². The lowest BCUT2D eigenvalue weighted by Crippen LogP contribution is -2.49. The van der Waals surface area contributed by atoms with Crippen LogP contribution in [0.15, 0.2) is 54.1 Å². The fourth-order valence-electron chi connectivity index (χ4n) is 6.06. The van der Waals surface area contributed by atoms with Crippen LogP contribution >= 0.6 is 11.3 Å². The van der Waals surface area contributed by atoms with Crippen LogP contribution in [0.3, 0.4) is 0 Å². The number of thiophene rings is 1. The van der Waals surface area contributed by atoms with E-state index in [0.29, 0.717) is 17.0 Å². The van der Waals surface area contributed by atoms with Crippen molar-refractivity contribution in [2.45, 2.75) is 56.3 Å². The minimum atomic E-state index is -0.799. The summed E-state index contributed by atoms with van der Waals surface area (Å²) in [5, 5.41) is 3.48. The molecular weight excluding hydrogens is 508 g/mol. The van der Waals surface area contributed by atoms with Gasteiger partial charge in [-0.15, -0.1) is 11.3 Å². The first-order chi connectivity index (χ1) is 18.1. The molecule has 38 heavy (non-hydrogen) atoms. The number of nitrogens with one attached hydrogen (secondary N) is 1. The van der Waals surface area contributed by atoms with Crippen molar-refractivity contribution in [2.24, 2.45) is 11.8 Å². The lowest BCUT2D eigenvalue weighted by Gasteiger charge is -2.32. The van der Waals surface area contributed by atoms with E-state index in [4.69, 9.17) is 18.9 Å². The molecule has 200 valence electrons. The molecule has 0 saturated carbocycles. The Morgan fingerprint density at radius 2 is 1.89 bits per heavy atom. The lowest BCUT2D eigenvalue weighted by molar-refractivity contribution is -0.144. The molecule has 10 heteroatoms. The van der Waals surface area contributed by atoms with Crippen molar-refractivity contribution in [3.63, 3.8) is 0 Å². The molecule has 2 fully saturated rings. The van der Waals surface area contributed by atoms with Crippen LogP contribution in [0.25, 0.3) is 10.4 Å². The Morgan fingerprint density at radius 3 is 2.63 bits per heavy atom. The van der Waals surface area contributed by atoms with E-state index in [-0.39, 0.29) is 11.9 Å². The highest BCUT2D eigenvalue weighted by atomic mass is 32.1. The van der Waals surface area contributed by atoms with Crippen LogP contribution in [-0.4, -0.2) is 73.1 Å². The number of carbonyl (C=O) groups is 3. The second-order valence-electron chi connectivity index (χ2n) is 10.8. The van der Waals surface area contributed by atoms with Gasteiger partial charge >= 0.3 is 18.0 Å². The molecule has 1 aromatic carbocycles. The van der Waals surface area contributed by atoms with Crippen LogP contribution < -0.4 is 5.32 Å². The van der Waals surface area contributed by atoms with Gasteiger partial charge in [-0.05, 0) is 44.8 Å². The molecule has 1 amide bonds. The maximum atomic E-state index is 13.2. The van der Waals surface area contributed by atoms with Crippen LogP contribution in [0.2, 0.25) is 0 Å². The summed E-state index contributed by atoms with van der Waals surface area (Å²) in [6, 6.07) is 13.1. The van der Waals surface area contributed by atoms with Crippen molar-refractivity contribution >= 4 is 34.4 Å². The minimum Gasteiger partial charge on any atom is -0.462 e. The minimum absolute atomic E-state index is 0.299. The molecule has 1 aliphatic carbocycles. The number of rotatable bonds is 4. The molecule has 1 unspecified atom stereocenters. The van der Waals surface area contributed by atoms with E-state index in [1.165, 1.54) is 11.3 Å². The molecule has 0 spiro atoms. The number of nitrogens with zero attached hydrogens (tertiary/aromatic N) is 1. The van der Waals surface area contributed by atoms with Crippen molar-refractivity contribution in [1.82, 2.24) is 4.90 Å². The first-order valence-corrected chi connectivity index (χ1v) is 13.6. The average molecular weight is 539 g/mol. The van der Waals surface area contributed by atoms with Crippen LogP contribution in [0.1, 0.15) is 20.3 Å². The smallest absolute Gasteiger partial charge is 0.412 e. The van der Waals surface area contributed by atoms with Crippen LogP contribution in [0.5, 0.6) is 0 Å². The van der Waals surface area contributed by atoms with Crippen molar-refractivity contribution < 1.29 is 33.3 Å². The van der Waals surface area contributed by atoms with Crippen molar-refractivity contribution in [3.05, 3.63) is 54.1 Å². The molecule has 1 N–H and O–H groups in total. The molecule has 8 atom stereocenters. The van der Waals surface area contributed by atoms with Crippen LogP contribution in [0.4, 0.5) is 9.80 Å². The average Bonchev–Trinajstić information content (AvgIpc) is 3.15. The highest BCUT2D eigenvalue weighted by Crippen LogP contribution is 2.51. The van der Waals surface area contributed by atoms with E-state index < -0.39 is 54.0 Å². The van der Waals surface area contributed by atoms with E-state index in [1.54, 1.807) is 13.0 Å². The fourth-order valence-corrected chi connectivity index (χ4v) is 6.96. The third-order valence-electron chi connectivity index (χ3n) is 8.01. The summed E-state index contributed by atoms with van der Waals surface area (Å²) < 4.78 is 23.6. The molecule has 6 rings (SSSR count). The SMILES string of the molecule is CC1C(=O)O[C@H]2C[C@]3(C)O[C@H]3[C@H](OC(=O)Nc3ccc(-c4ccccc4)s3)[C@@H](N(C)C)C3=C[C@@H](OC3=O)[C@H]12. The predicted octanol–water partition coefficient (Wildman–Crippen LogP) is 3.85. The van der Waals surface area contributed by atoms with E-state index in [1.807, 2.05) is 68.4 Å². The quantitative estimate of drug-likeness (QED) is 0.356. The first kappa shape index (κ1) is 25.1. The van der Waals surface area contributed by atoms with E-state index >= 15 is 0 Å². The highest BCUT2D eigenvalue weighted by Gasteiger charge is 2.65.